The molecule has 0 spiro atoms. The Hall–Kier alpha value is -2.55. The van der Waals surface area contributed by atoms with E-state index in [0.717, 1.165) is 0 Å². The molecule has 162 valence electrons. The van der Waals surface area contributed by atoms with E-state index in [9.17, 15) is 13.2 Å². The summed E-state index contributed by atoms with van der Waals surface area (Å²) < 4.78 is 37.6. The number of amides is 1. The quantitative estimate of drug-likeness (QED) is 0.426. The molecule has 2 aromatic rings. The van der Waals surface area contributed by atoms with E-state index in [1.807, 2.05) is 13.8 Å². The highest BCUT2D eigenvalue weighted by Crippen LogP contribution is 2.37. The molecule has 9 heteroatoms. The predicted molar refractivity (Wildman–Crippen MR) is 117 cm³/mol. The number of sulfonamides is 1. The van der Waals surface area contributed by atoms with Crippen LogP contribution in [0, 0.1) is 0 Å². The van der Waals surface area contributed by atoms with E-state index in [2.05, 4.69) is 10.0 Å². The van der Waals surface area contributed by atoms with Crippen molar-refractivity contribution in [2.24, 2.45) is 0 Å². The SMILES string of the molecule is COc1cc(/C=C/C(=O)NCCNS(=O)(=O)c2ccccc2)cc(Cl)c1OC(C)C. The molecule has 0 saturated heterocycles. The topological polar surface area (TPSA) is 93.7 Å². The highest BCUT2D eigenvalue weighted by Gasteiger charge is 2.13. The highest BCUT2D eigenvalue weighted by atomic mass is 35.5. The summed E-state index contributed by atoms with van der Waals surface area (Å²) >= 11 is 6.26. The number of rotatable bonds is 10. The maximum Gasteiger partial charge on any atom is 0.244 e. The average molecular weight is 453 g/mol. The lowest BCUT2D eigenvalue weighted by Crippen LogP contribution is -2.34. The second-order valence-corrected chi connectivity index (χ2v) is 8.71. The Morgan fingerprint density at radius 1 is 1.17 bits per heavy atom. The Labute approximate surface area is 182 Å². The number of nitrogens with one attached hydrogen (secondary N) is 2. The third-order valence-corrected chi connectivity index (χ3v) is 5.56. The summed E-state index contributed by atoms with van der Waals surface area (Å²) in [5.74, 6) is 0.541. The molecule has 0 atom stereocenters. The lowest BCUT2D eigenvalue weighted by Gasteiger charge is -2.15. The summed E-state index contributed by atoms with van der Waals surface area (Å²) in [6, 6.07) is 11.4. The number of hydrogen-bond donors (Lipinski definition) is 2. The molecule has 0 aliphatic carbocycles. The van der Waals surface area contributed by atoms with Crippen molar-refractivity contribution < 1.29 is 22.7 Å². The van der Waals surface area contributed by atoms with Crippen molar-refractivity contribution in [3.8, 4) is 11.5 Å². The van der Waals surface area contributed by atoms with Crippen LogP contribution in [0.4, 0.5) is 0 Å². The van der Waals surface area contributed by atoms with Crippen LogP contribution in [0.2, 0.25) is 5.02 Å². The van der Waals surface area contributed by atoms with E-state index < -0.39 is 10.0 Å². The van der Waals surface area contributed by atoms with E-state index in [1.165, 1.54) is 25.3 Å². The molecular formula is C21H25ClN2O5S. The fraction of sp³-hybridized carbons (Fsp3) is 0.286. The van der Waals surface area contributed by atoms with Crippen LogP contribution < -0.4 is 19.5 Å². The first-order valence-electron chi connectivity index (χ1n) is 9.27. The molecule has 2 aromatic carbocycles. The van der Waals surface area contributed by atoms with Crippen molar-refractivity contribution >= 4 is 33.6 Å². The fourth-order valence-corrected chi connectivity index (χ4v) is 3.79. The van der Waals surface area contributed by atoms with Crippen LogP contribution in [0.25, 0.3) is 6.08 Å². The van der Waals surface area contributed by atoms with Gasteiger partial charge in [-0.1, -0.05) is 29.8 Å². The summed E-state index contributed by atoms with van der Waals surface area (Å²) in [4.78, 5) is 12.2. The summed E-state index contributed by atoms with van der Waals surface area (Å²) in [6.07, 6.45) is 2.85. The Morgan fingerprint density at radius 2 is 1.87 bits per heavy atom. The highest BCUT2D eigenvalue weighted by molar-refractivity contribution is 7.89. The first kappa shape index (κ1) is 23.7. The van der Waals surface area contributed by atoms with E-state index in [4.69, 9.17) is 21.1 Å². The molecular weight excluding hydrogens is 428 g/mol. The van der Waals surface area contributed by atoms with E-state index in [-0.39, 0.29) is 30.0 Å². The zero-order valence-electron chi connectivity index (χ0n) is 17.0. The van der Waals surface area contributed by atoms with Gasteiger partial charge in [0.05, 0.1) is 23.1 Å². The van der Waals surface area contributed by atoms with Gasteiger partial charge in [0, 0.05) is 19.2 Å². The van der Waals surface area contributed by atoms with Gasteiger partial charge in [-0.05, 0) is 49.8 Å². The van der Waals surface area contributed by atoms with Gasteiger partial charge in [0.1, 0.15) is 0 Å². The summed E-state index contributed by atoms with van der Waals surface area (Å²) in [7, 11) is -2.09. The number of benzene rings is 2. The van der Waals surface area contributed by atoms with Gasteiger partial charge in [0.15, 0.2) is 11.5 Å². The van der Waals surface area contributed by atoms with Gasteiger partial charge in [0.25, 0.3) is 0 Å². The molecule has 1 amide bonds. The second kappa shape index (κ2) is 11.0. The van der Waals surface area contributed by atoms with Crippen molar-refractivity contribution in [1.82, 2.24) is 10.0 Å². The summed E-state index contributed by atoms with van der Waals surface area (Å²) in [5.41, 5.74) is 0.660. The standard InChI is InChI=1S/C21H25ClN2O5S/c1-15(2)29-21-18(22)13-16(14-19(21)28-3)9-10-20(25)23-11-12-24-30(26,27)17-7-5-4-6-8-17/h4-10,13-15,24H,11-12H2,1-3H3,(H,23,25)/b10-9+. The van der Waals surface area contributed by atoms with Crippen LogP contribution in [0.1, 0.15) is 19.4 Å². The zero-order chi connectivity index (χ0) is 22.1. The fourth-order valence-electron chi connectivity index (χ4n) is 2.47. The first-order valence-corrected chi connectivity index (χ1v) is 11.1. The lowest BCUT2D eigenvalue weighted by molar-refractivity contribution is -0.116. The Bertz CT molecular complexity index is 992. The van der Waals surface area contributed by atoms with Crippen LogP contribution in [-0.2, 0) is 14.8 Å². The van der Waals surface area contributed by atoms with Crippen molar-refractivity contribution in [3.05, 3.63) is 59.1 Å². The molecule has 7 nitrogen and oxygen atoms in total. The van der Waals surface area contributed by atoms with Crippen molar-refractivity contribution in [2.75, 3.05) is 20.2 Å². The molecule has 0 aliphatic heterocycles. The van der Waals surface area contributed by atoms with E-state index >= 15 is 0 Å². The number of carbonyl (C=O) groups is 1. The number of hydrogen-bond acceptors (Lipinski definition) is 5. The summed E-state index contributed by atoms with van der Waals surface area (Å²) in [5, 5.41) is 2.99. The number of halogens is 1. The minimum Gasteiger partial charge on any atom is -0.493 e. The molecule has 0 aliphatic rings. The minimum absolute atomic E-state index is 0.0668. The van der Waals surface area contributed by atoms with Gasteiger partial charge in [0.2, 0.25) is 15.9 Å². The monoisotopic (exact) mass is 452 g/mol. The van der Waals surface area contributed by atoms with Gasteiger partial charge < -0.3 is 14.8 Å². The minimum atomic E-state index is -3.60. The zero-order valence-corrected chi connectivity index (χ0v) is 18.6. The molecule has 0 bridgehead atoms. The van der Waals surface area contributed by atoms with Crippen LogP contribution >= 0.6 is 11.6 Å². The number of carbonyl (C=O) groups excluding carboxylic acids is 1. The van der Waals surface area contributed by atoms with Gasteiger partial charge in [-0.25, -0.2) is 13.1 Å². The second-order valence-electron chi connectivity index (χ2n) is 6.54. The molecule has 2 rings (SSSR count). The molecule has 2 N–H and O–H groups in total. The van der Waals surface area contributed by atoms with E-state index in [1.54, 1.807) is 36.4 Å². The van der Waals surface area contributed by atoms with Crippen LogP contribution in [0.3, 0.4) is 0 Å². The largest absolute Gasteiger partial charge is 0.493 e. The molecule has 0 saturated carbocycles. The lowest BCUT2D eigenvalue weighted by atomic mass is 10.2. The maximum absolute atomic E-state index is 12.1. The van der Waals surface area contributed by atoms with Crippen LogP contribution in [-0.4, -0.2) is 40.6 Å². The third kappa shape index (κ3) is 7.05. The Balaban J connectivity index is 1.90. The molecule has 30 heavy (non-hydrogen) atoms. The predicted octanol–water partition coefficient (Wildman–Crippen LogP) is 3.24. The smallest absolute Gasteiger partial charge is 0.244 e. The van der Waals surface area contributed by atoms with Crippen LogP contribution in [0.5, 0.6) is 11.5 Å². The Morgan fingerprint density at radius 3 is 2.50 bits per heavy atom. The molecule has 0 aromatic heterocycles. The number of ether oxygens (including phenoxy) is 2. The third-order valence-electron chi connectivity index (χ3n) is 3.80. The van der Waals surface area contributed by atoms with Crippen molar-refractivity contribution in [3.63, 3.8) is 0 Å². The number of methoxy groups -OCH3 is 1. The van der Waals surface area contributed by atoms with Crippen LogP contribution in [0.15, 0.2) is 53.4 Å². The van der Waals surface area contributed by atoms with Gasteiger partial charge >= 0.3 is 0 Å². The van der Waals surface area contributed by atoms with Gasteiger partial charge in [-0.15, -0.1) is 0 Å². The Kier molecular flexibility index (Phi) is 8.71. The van der Waals surface area contributed by atoms with Gasteiger partial charge in [-0.2, -0.15) is 0 Å². The molecule has 0 fully saturated rings. The first-order chi connectivity index (χ1) is 14.2. The normalized spacial score (nSPS) is 11.6. The molecule has 0 radical (unpaired) electrons. The molecule has 0 heterocycles. The van der Waals surface area contributed by atoms with Crippen molar-refractivity contribution in [2.45, 2.75) is 24.8 Å². The maximum atomic E-state index is 12.1. The van der Waals surface area contributed by atoms with Gasteiger partial charge in [-0.3, -0.25) is 4.79 Å². The average Bonchev–Trinajstić information content (AvgIpc) is 2.71. The molecule has 0 unspecified atom stereocenters. The summed E-state index contributed by atoms with van der Waals surface area (Å²) in [6.45, 7) is 3.97. The van der Waals surface area contributed by atoms with Crippen molar-refractivity contribution in [1.29, 1.82) is 0 Å². The van der Waals surface area contributed by atoms with E-state index in [0.29, 0.717) is 22.1 Å².